The summed E-state index contributed by atoms with van der Waals surface area (Å²) in [6, 6.07) is 13.2. The predicted octanol–water partition coefficient (Wildman–Crippen LogP) is 2.71. The fourth-order valence-electron chi connectivity index (χ4n) is 2.13. The number of carbonyl (C=O) groups is 1. The van der Waals surface area contributed by atoms with Crippen LogP contribution in [0, 0.1) is 6.92 Å². The van der Waals surface area contributed by atoms with E-state index in [1.807, 2.05) is 49.4 Å². The van der Waals surface area contributed by atoms with Gasteiger partial charge in [-0.3, -0.25) is 4.79 Å². The maximum atomic E-state index is 11.8. The highest BCUT2D eigenvalue weighted by Gasteiger charge is 2.07. The van der Waals surface area contributed by atoms with E-state index in [0.717, 1.165) is 16.7 Å². The van der Waals surface area contributed by atoms with E-state index in [0.29, 0.717) is 17.9 Å². The Bertz CT molecular complexity index is 697. The molecule has 0 bridgehead atoms. The van der Waals surface area contributed by atoms with Gasteiger partial charge in [-0.05, 0) is 30.2 Å². The number of hydrogen-bond acceptors (Lipinski definition) is 4. The van der Waals surface area contributed by atoms with Crippen molar-refractivity contribution in [3.05, 3.63) is 59.2 Å². The lowest BCUT2D eigenvalue weighted by molar-refractivity contribution is -0.120. The number of carbonyl (C=O) groups excluding carboxylic acids is 1. The van der Waals surface area contributed by atoms with Crippen molar-refractivity contribution < 1.29 is 14.3 Å². The molecule has 0 atom stereocenters. The summed E-state index contributed by atoms with van der Waals surface area (Å²) < 4.78 is 10.5. The zero-order valence-corrected chi connectivity index (χ0v) is 13.5. The quantitative estimate of drug-likeness (QED) is 0.659. The van der Waals surface area contributed by atoms with Crippen LogP contribution in [0.1, 0.15) is 16.7 Å². The molecular weight excluding hydrogens is 292 g/mol. The fourth-order valence-corrected chi connectivity index (χ4v) is 2.13. The monoisotopic (exact) mass is 312 g/mol. The number of rotatable bonds is 6. The first-order valence-electron chi connectivity index (χ1n) is 7.22. The SMILES string of the molecule is COc1cc(C)c(/C=N\NC(=O)Cc2ccccc2)cc1OC. The smallest absolute Gasteiger partial charge is 0.244 e. The van der Waals surface area contributed by atoms with E-state index in [-0.39, 0.29) is 5.91 Å². The lowest BCUT2D eigenvalue weighted by Crippen LogP contribution is -2.19. The Morgan fingerprint density at radius 2 is 1.78 bits per heavy atom. The Hall–Kier alpha value is -2.82. The molecule has 2 aromatic carbocycles. The molecule has 2 rings (SSSR count). The van der Waals surface area contributed by atoms with Crippen molar-refractivity contribution >= 4 is 12.1 Å². The molecule has 0 saturated heterocycles. The molecule has 1 N–H and O–H groups in total. The Balaban J connectivity index is 2.01. The van der Waals surface area contributed by atoms with Crippen LogP contribution in [0.4, 0.5) is 0 Å². The van der Waals surface area contributed by atoms with E-state index in [2.05, 4.69) is 10.5 Å². The molecule has 0 aromatic heterocycles. The van der Waals surface area contributed by atoms with Crippen molar-refractivity contribution in [1.29, 1.82) is 0 Å². The molecule has 0 fully saturated rings. The molecule has 0 spiro atoms. The summed E-state index contributed by atoms with van der Waals surface area (Å²) >= 11 is 0. The van der Waals surface area contributed by atoms with Crippen LogP contribution in [0.5, 0.6) is 11.5 Å². The van der Waals surface area contributed by atoms with Gasteiger partial charge in [0.25, 0.3) is 0 Å². The molecule has 0 radical (unpaired) electrons. The summed E-state index contributed by atoms with van der Waals surface area (Å²) in [5.41, 5.74) is 5.30. The molecule has 0 aliphatic heterocycles. The number of hydrazone groups is 1. The topological polar surface area (TPSA) is 59.9 Å². The molecule has 5 nitrogen and oxygen atoms in total. The van der Waals surface area contributed by atoms with Crippen LogP contribution in [-0.2, 0) is 11.2 Å². The van der Waals surface area contributed by atoms with Crippen LogP contribution < -0.4 is 14.9 Å². The van der Waals surface area contributed by atoms with Crippen molar-refractivity contribution in [2.75, 3.05) is 14.2 Å². The molecule has 0 heterocycles. The van der Waals surface area contributed by atoms with Gasteiger partial charge in [0.2, 0.25) is 5.91 Å². The molecule has 0 aliphatic carbocycles. The van der Waals surface area contributed by atoms with Crippen molar-refractivity contribution in [3.8, 4) is 11.5 Å². The molecule has 120 valence electrons. The van der Waals surface area contributed by atoms with E-state index < -0.39 is 0 Å². The molecular formula is C18H20N2O3. The summed E-state index contributed by atoms with van der Waals surface area (Å²) in [7, 11) is 3.17. The van der Waals surface area contributed by atoms with Crippen LogP contribution in [0.15, 0.2) is 47.6 Å². The van der Waals surface area contributed by atoms with Gasteiger partial charge in [0.15, 0.2) is 11.5 Å². The van der Waals surface area contributed by atoms with E-state index in [4.69, 9.17) is 9.47 Å². The van der Waals surface area contributed by atoms with E-state index in [9.17, 15) is 4.79 Å². The number of nitrogens with zero attached hydrogens (tertiary/aromatic N) is 1. The molecule has 1 amide bonds. The van der Waals surface area contributed by atoms with Gasteiger partial charge in [-0.2, -0.15) is 5.10 Å². The third-order valence-electron chi connectivity index (χ3n) is 3.37. The van der Waals surface area contributed by atoms with Gasteiger partial charge >= 0.3 is 0 Å². The van der Waals surface area contributed by atoms with Crippen LogP contribution in [0.25, 0.3) is 0 Å². The van der Waals surface area contributed by atoms with Crippen molar-refractivity contribution in [2.24, 2.45) is 5.10 Å². The number of methoxy groups -OCH3 is 2. The van der Waals surface area contributed by atoms with Gasteiger partial charge in [0.05, 0.1) is 26.9 Å². The average Bonchev–Trinajstić information content (AvgIpc) is 2.56. The number of aryl methyl sites for hydroxylation is 1. The average molecular weight is 312 g/mol. The highest BCUT2D eigenvalue weighted by atomic mass is 16.5. The third kappa shape index (κ3) is 4.57. The Labute approximate surface area is 135 Å². The van der Waals surface area contributed by atoms with Gasteiger partial charge in [-0.25, -0.2) is 5.43 Å². The number of nitrogens with one attached hydrogen (secondary N) is 1. The molecule has 0 unspecified atom stereocenters. The predicted molar refractivity (Wildman–Crippen MR) is 90.2 cm³/mol. The lowest BCUT2D eigenvalue weighted by Gasteiger charge is -2.10. The maximum Gasteiger partial charge on any atom is 0.244 e. The molecule has 2 aromatic rings. The number of hydrogen-bond donors (Lipinski definition) is 1. The number of amides is 1. The fraction of sp³-hybridized carbons (Fsp3) is 0.222. The van der Waals surface area contributed by atoms with E-state index in [1.165, 1.54) is 0 Å². The largest absolute Gasteiger partial charge is 0.493 e. The lowest BCUT2D eigenvalue weighted by atomic mass is 10.1. The molecule has 5 heteroatoms. The second-order valence-electron chi connectivity index (χ2n) is 5.02. The first-order valence-corrected chi connectivity index (χ1v) is 7.22. The van der Waals surface area contributed by atoms with Crippen molar-refractivity contribution in [1.82, 2.24) is 5.43 Å². The standard InChI is InChI=1S/C18H20N2O3/c1-13-9-16(22-2)17(23-3)11-15(13)12-19-20-18(21)10-14-7-5-4-6-8-14/h4-9,11-12H,10H2,1-3H3,(H,20,21)/b19-12-. The summed E-state index contributed by atoms with van der Waals surface area (Å²) in [6.45, 7) is 1.94. The Kier molecular flexibility index (Phi) is 5.74. The molecule has 0 saturated carbocycles. The van der Waals surface area contributed by atoms with Crippen LogP contribution in [-0.4, -0.2) is 26.3 Å². The Morgan fingerprint density at radius 1 is 1.13 bits per heavy atom. The summed E-state index contributed by atoms with van der Waals surface area (Å²) in [5.74, 6) is 1.12. The molecule has 23 heavy (non-hydrogen) atoms. The van der Waals surface area contributed by atoms with E-state index >= 15 is 0 Å². The van der Waals surface area contributed by atoms with Crippen LogP contribution in [0.3, 0.4) is 0 Å². The van der Waals surface area contributed by atoms with Gasteiger partial charge in [-0.15, -0.1) is 0 Å². The minimum atomic E-state index is -0.162. The second kappa shape index (κ2) is 7.98. The van der Waals surface area contributed by atoms with Gasteiger partial charge < -0.3 is 9.47 Å². The minimum absolute atomic E-state index is 0.162. The number of ether oxygens (including phenoxy) is 2. The highest BCUT2D eigenvalue weighted by Crippen LogP contribution is 2.29. The maximum absolute atomic E-state index is 11.8. The normalized spacial score (nSPS) is 10.6. The van der Waals surface area contributed by atoms with Crippen molar-refractivity contribution in [3.63, 3.8) is 0 Å². The Morgan fingerprint density at radius 3 is 2.43 bits per heavy atom. The number of benzene rings is 2. The van der Waals surface area contributed by atoms with Gasteiger partial charge in [0.1, 0.15) is 0 Å². The second-order valence-corrected chi connectivity index (χ2v) is 5.02. The molecule has 0 aliphatic rings. The van der Waals surface area contributed by atoms with Gasteiger partial charge in [-0.1, -0.05) is 30.3 Å². The zero-order valence-electron chi connectivity index (χ0n) is 13.5. The summed E-state index contributed by atoms with van der Waals surface area (Å²) in [4.78, 5) is 11.8. The zero-order chi connectivity index (χ0) is 16.7. The minimum Gasteiger partial charge on any atom is -0.493 e. The first kappa shape index (κ1) is 16.5. The third-order valence-corrected chi connectivity index (χ3v) is 3.37. The van der Waals surface area contributed by atoms with Crippen LogP contribution in [0.2, 0.25) is 0 Å². The summed E-state index contributed by atoms with van der Waals surface area (Å²) in [6.07, 6.45) is 1.89. The van der Waals surface area contributed by atoms with Crippen LogP contribution >= 0.6 is 0 Å². The first-order chi connectivity index (χ1) is 11.1. The highest BCUT2D eigenvalue weighted by molar-refractivity contribution is 5.85. The summed E-state index contributed by atoms with van der Waals surface area (Å²) in [5, 5.41) is 4.01. The van der Waals surface area contributed by atoms with E-state index in [1.54, 1.807) is 20.4 Å². The van der Waals surface area contributed by atoms with Crippen molar-refractivity contribution in [2.45, 2.75) is 13.3 Å². The van der Waals surface area contributed by atoms with Gasteiger partial charge in [0, 0.05) is 5.56 Å².